The molecule has 2 heterocycles. The molecule has 0 spiro atoms. The number of nitrogens with zero attached hydrogens (tertiary/aromatic N) is 3. The molecule has 1 fully saturated rings. The molecule has 1 amide bonds. The summed E-state index contributed by atoms with van der Waals surface area (Å²) in [4.78, 5) is 28.3. The van der Waals surface area contributed by atoms with E-state index in [0.717, 1.165) is 12.3 Å². The summed E-state index contributed by atoms with van der Waals surface area (Å²) in [5, 5.41) is 13.7. The van der Waals surface area contributed by atoms with Gasteiger partial charge in [0.1, 0.15) is 5.82 Å². The average Bonchev–Trinajstić information content (AvgIpc) is 2.68. The van der Waals surface area contributed by atoms with E-state index in [9.17, 15) is 28.1 Å². The van der Waals surface area contributed by atoms with Gasteiger partial charge in [-0.25, -0.2) is 4.98 Å². The predicted octanol–water partition coefficient (Wildman–Crippen LogP) is 3.41. The SMILES string of the molecule is O=C(NC1CCN(c2ccc(C(F)(F)F)cn2)CC1)c1cccc([N+](=O)[O-])c1. The Bertz CT molecular complexity index is 863. The van der Waals surface area contributed by atoms with Crippen LogP contribution < -0.4 is 10.2 Å². The van der Waals surface area contributed by atoms with Gasteiger partial charge in [-0.3, -0.25) is 14.9 Å². The number of hydrogen-bond acceptors (Lipinski definition) is 5. The largest absolute Gasteiger partial charge is 0.417 e. The summed E-state index contributed by atoms with van der Waals surface area (Å²) in [6, 6.07) is 7.69. The second kappa shape index (κ2) is 7.83. The van der Waals surface area contributed by atoms with Crippen LogP contribution in [0, 0.1) is 10.1 Å². The van der Waals surface area contributed by atoms with Gasteiger partial charge in [0.2, 0.25) is 0 Å². The molecule has 1 saturated heterocycles. The first kappa shape index (κ1) is 19.6. The number of benzene rings is 1. The molecule has 0 saturated carbocycles. The molecule has 148 valence electrons. The Morgan fingerprint density at radius 2 is 1.93 bits per heavy atom. The van der Waals surface area contributed by atoms with Crippen molar-refractivity contribution in [1.29, 1.82) is 0 Å². The number of alkyl halides is 3. The number of carbonyl (C=O) groups is 1. The molecular weight excluding hydrogens is 377 g/mol. The number of halogens is 3. The zero-order chi connectivity index (χ0) is 20.3. The monoisotopic (exact) mass is 394 g/mol. The van der Waals surface area contributed by atoms with E-state index in [4.69, 9.17) is 0 Å². The van der Waals surface area contributed by atoms with Crippen molar-refractivity contribution in [2.75, 3.05) is 18.0 Å². The average molecular weight is 394 g/mol. The Labute approximate surface area is 158 Å². The number of rotatable bonds is 4. The Balaban J connectivity index is 1.56. The van der Waals surface area contributed by atoms with Crippen LogP contribution in [0.15, 0.2) is 42.6 Å². The molecule has 1 aliphatic heterocycles. The molecule has 0 aliphatic carbocycles. The van der Waals surface area contributed by atoms with Gasteiger partial charge in [-0.1, -0.05) is 6.07 Å². The number of nitro groups is 1. The lowest BCUT2D eigenvalue weighted by Gasteiger charge is -2.33. The van der Waals surface area contributed by atoms with E-state index in [1.807, 2.05) is 4.90 Å². The zero-order valence-corrected chi connectivity index (χ0v) is 14.6. The first-order valence-corrected chi connectivity index (χ1v) is 8.57. The van der Waals surface area contributed by atoms with Crippen LogP contribution in [0.1, 0.15) is 28.8 Å². The number of piperidine rings is 1. The molecule has 28 heavy (non-hydrogen) atoms. The lowest BCUT2D eigenvalue weighted by atomic mass is 10.0. The van der Waals surface area contributed by atoms with Crippen LogP contribution in [0.25, 0.3) is 0 Å². The minimum Gasteiger partial charge on any atom is -0.356 e. The quantitative estimate of drug-likeness (QED) is 0.634. The highest BCUT2D eigenvalue weighted by atomic mass is 19.4. The maximum atomic E-state index is 12.6. The van der Waals surface area contributed by atoms with Gasteiger partial charge >= 0.3 is 6.18 Å². The number of pyridine rings is 1. The smallest absolute Gasteiger partial charge is 0.356 e. The van der Waals surface area contributed by atoms with Crippen LogP contribution in [0.2, 0.25) is 0 Å². The normalized spacial score (nSPS) is 15.3. The third-order valence-electron chi connectivity index (χ3n) is 4.55. The number of nitrogens with one attached hydrogen (secondary N) is 1. The first-order chi connectivity index (χ1) is 13.2. The zero-order valence-electron chi connectivity index (χ0n) is 14.6. The molecular formula is C18H17F3N4O3. The molecule has 1 aliphatic rings. The van der Waals surface area contributed by atoms with E-state index in [2.05, 4.69) is 10.3 Å². The number of carbonyl (C=O) groups excluding carboxylic acids is 1. The summed E-state index contributed by atoms with van der Waals surface area (Å²) >= 11 is 0. The molecule has 1 N–H and O–H groups in total. The first-order valence-electron chi connectivity index (χ1n) is 8.57. The summed E-state index contributed by atoms with van der Waals surface area (Å²) in [6.45, 7) is 1.05. The van der Waals surface area contributed by atoms with Crippen molar-refractivity contribution in [3.05, 3.63) is 63.8 Å². The molecule has 0 atom stereocenters. The van der Waals surface area contributed by atoms with E-state index in [1.54, 1.807) is 0 Å². The van der Waals surface area contributed by atoms with E-state index >= 15 is 0 Å². The second-order valence-corrected chi connectivity index (χ2v) is 6.45. The molecule has 0 unspecified atom stereocenters. The van der Waals surface area contributed by atoms with Crippen molar-refractivity contribution < 1.29 is 22.9 Å². The lowest BCUT2D eigenvalue weighted by Crippen LogP contribution is -2.45. The van der Waals surface area contributed by atoms with Crippen molar-refractivity contribution in [3.63, 3.8) is 0 Å². The third kappa shape index (κ3) is 4.56. The van der Waals surface area contributed by atoms with Gasteiger partial charge in [0, 0.05) is 43.0 Å². The fourth-order valence-corrected chi connectivity index (χ4v) is 3.02. The third-order valence-corrected chi connectivity index (χ3v) is 4.55. The molecule has 2 aromatic rings. The summed E-state index contributed by atoms with van der Waals surface area (Å²) in [6.07, 6.45) is -2.44. The fourth-order valence-electron chi connectivity index (χ4n) is 3.02. The van der Waals surface area contributed by atoms with Crippen molar-refractivity contribution in [2.45, 2.75) is 25.1 Å². The van der Waals surface area contributed by atoms with Crippen LogP contribution in [-0.4, -0.2) is 34.9 Å². The van der Waals surface area contributed by atoms with Crippen molar-refractivity contribution in [3.8, 4) is 0 Å². The van der Waals surface area contributed by atoms with Gasteiger partial charge in [0.15, 0.2) is 0 Å². The molecule has 0 radical (unpaired) electrons. The second-order valence-electron chi connectivity index (χ2n) is 6.45. The highest BCUT2D eigenvalue weighted by molar-refractivity contribution is 5.95. The Morgan fingerprint density at radius 3 is 2.50 bits per heavy atom. The number of hydrogen-bond donors (Lipinski definition) is 1. The van der Waals surface area contributed by atoms with Gasteiger partial charge in [-0.05, 0) is 31.0 Å². The predicted molar refractivity (Wildman–Crippen MR) is 95.0 cm³/mol. The Morgan fingerprint density at radius 1 is 1.21 bits per heavy atom. The summed E-state index contributed by atoms with van der Waals surface area (Å²) in [7, 11) is 0. The van der Waals surface area contributed by atoms with Crippen molar-refractivity contribution >= 4 is 17.4 Å². The van der Waals surface area contributed by atoms with Crippen LogP contribution in [0.4, 0.5) is 24.7 Å². The highest BCUT2D eigenvalue weighted by Crippen LogP contribution is 2.29. The number of amides is 1. The van der Waals surface area contributed by atoms with Gasteiger partial charge in [-0.2, -0.15) is 13.2 Å². The van der Waals surface area contributed by atoms with Gasteiger partial charge < -0.3 is 10.2 Å². The molecule has 10 heteroatoms. The number of aromatic nitrogens is 1. The van der Waals surface area contributed by atoms with Gasteiger partial charge in [0.05, 0.1) is 10.5 Å². The van der Waals surface area contributed by atoms with Crippen LogP contribution >= 0.6 is 0 Å². The summed E-state index contributed by atoms with van der Waals surface area (Å²) < 4.78 is 37.8. The molecule has 7 nitrogen and oxygen atoms in total. The van der Waals surface area contributed by atoms with Crippen LogP contribution in [-0.2, 0) is 6.18 Å². The van der Waals surface area contributed by atoms with Gasteiger partial charge in [-0.15, -0.1) is 0 Å². The molecule has 0 bridgehead atoms. The summed E-state index contributed by atoms with van der Waals surface area (Å²) in [5.41, 5.74) is -0.743. The van der Waals surface area contributed by atoms with Crippen LogP contribution in [0.5, 0.6) is 0 Å². The van der Waals surface area contributed by atoms with E-state index < -0.39 is 22.6 Å². The van der Waals surface area contributed by atoms with Crippen molar-refractivity contribution in [1.82, 2.24) is 10.3 Å². The Kier molecular flexibility index (Phi) is 5.48. The molecule has 3 rings (SSSR count). The van der Waals surface area contributed by atoms with Crippen LogP contribution in [0.3, 0.4) is 0 Å². The summed E-state index contributed by atoms with van der Waals surface area (Å²) in [5.74, 6) is 0.0614. The van der Waals surface area contributed by atoms with E-state index in [0.29, 0.717) is 31.7 Å². The molecule has 1 aromatic carbocycles. The number of anilines is 1. The molecule has 1 aromatic heterocycles. The number of nitro benzene ring substituents is 1. The number of non-ortho nitro benzene ring substituents is 1. The minimum atomic E-state index is -4.42. The standard InChI is InChI=1S/C18H17F3N4O3/c19-18(20,21)13-4-5-16(22-11-13)24-8-6-14(7-9-24)23-17(26)12-2-1-3-15(10-12)25(27)28/h1-5,10-11,14H,6-9H2,(H,23,26). The minimum absolute atomic E-state index is 0.127. The fraction of sp³-hybridized carbons (Fsp3) is 0.333. The lowest BCUT2D eigenvalue weighted by molar-refractivity contribution is -0.384. The maximum absolute atomic E-state index is 12.6. The topological polar surface area (TPSA) is 88.4 Å². The highest BCUT2D eigenvalue weighted by Gasteiger charge is 2.31. The van der Waals surface area contributed by atoms with E-state index in [-0.39, 0.29) is 17.3 Å². The van der Waals surface area contributed by atoms with E-state index in [1.165, 1.54) is 30.3 Å². The maximum Gasteiger partial charge on any atom is 0.417 e. The van der Waals surface area contributed by atoms with Crippen molar-refractivity contribution in [2.24, 2.45) is 0 Å². The van der Waals surface area contributed by atoms with Gasteiger partial charge in [0.25, 0.3) is 11.6 Å². The Hall–Kier alpha value is -3.17.